The van der Waals surface area contributed by atoms with Gasteiger partial charge in [-0.1, -0.05) is 18.2 Å². The molecular formula is C18H19N3O3S. The van der Waals surface area contributed by atoms with Crippen LogP contribution in [-0.2, 0) is 0 Å². The lowest BCUT2D eigenvalue weighted by atomic mass is 10.1. The van der Waals surface area contributed by atoms with Crippen molar-refractivity contribution in [3.8, 4) is 17.2 Å². The predicted octanol–water partition coefficient (Wildman–Crippen LogP) is 2.75. The summed E-state index contributed by atoms with van der Waals surface area (Å²) in [6.45, 7) is 0. The Labute approximate surface area is 151 Å². The summed E-state index contributed by atoms with van der Waals surface area (Å²) in [5.41, 5.74) is 10.1. The Morgan fingerprint density at radius 3 is 2.32 bits per heavy atom. The molecule has 6 nitrogen and oxygen atoms in total. The molecule has 0 heterocycles. The molecule has 2 rings (SSSR count). The summed E-state index contributed by atoms with van der Waals surface area (Å²) in [6, 6.07) is 10.8. The molecule has 4 N–H and O–H groups in total. The summed E-state index contributed by atoms with van der Waals surface area (Å²) in [6.07, 6.45) is 5.28. The minimum absolute atomic E-state index is 0.0544. The Morgan fingerprint density at radius 1 is 1.08 bits per heavy atom. The molecule has 0 spiro atoms. The first-order valence-corrected chi connectivity index (χ1v) is 7.75. The van der Waals surface area contributed by atoms with Crippen LogP contribution in [0.3, 0.4) is 0 Å². The van der Waals surface area contributed by atoms with Crippen LogP contribution in [0.15, 0.2) is 41.5 Å². The van der Waals surface area contributed by atoms with Gasteiger partial charge in [-0.2, -0.15) is 5.10 Å². The fourth-order valence-corrected chi connectivity index (χ4v) is 2.12. The lowest BCUT2D eigenvalue weighted by Gasteiger charge is -2.06. The first-order chi connectivity index (χ1) is 12.0. The molecule has 0 atom stereocenters. The molecule has 0 aliphatic heterocycles. The van der Waals surface area contributed by atoms with E-state index in [1.807, 2.05) is 24.3 Å². The molecule has 2 aromatic rings. The van der Waals surface area contributed by atoms with Gasteiger partial charge >= 0.3 is 0 Å². The highest BCUT2D eigenvalue weighted by molar-refractivity contribution is 7.80. The van der Waals surface area contributed by atoms with E-state index in [-0.39, 0.29) is 10.9 Å². The number of benzene rings is 2. The molecule has 0 aromatic heterocycles. The molecule has 7 heteroatoms. The second kappa shape index (κ2) is 8.70. The molecule has 0 radical (unpaired) electrons. The number of hydrogen-bond acceptors (Lipinski definition) is 5. The van der Waals surface area contributed by atoms with Crippen molar-refractivity contribution in [2.75, 3.05) is 14.2 Å². The van der Waals surface area contributed by atoms with E-state index in [0.717, 1.165) is 11.1 Å². The van der Waals surface area contributed by atoms with Crippen molar-refractivity contribution in [3.63, 3.8) is 0 Å². The van der Waals surface area contributed by atoms with E-state index in [9.17, 15) is 5.11 Å². The minimum Gasteiger partial charge on any atom is -0.507 e. The van der Waals surface area contributed by atoms with Gasteiger partial charge in [0, 0.05) is 11.6 Å². The van der Waals surface area contributed by atoms with Crippen LogP contribution in [0.5, 0.6) is 17.2 Å². The zero-order chi connectivity index (χ0) is 18.2. The topological polar surface area (TPSA) is 89.1 Å². The number of nitrogens with one attached hydrogen (secondary N) is 1. The largest absolute Gasteiger partial charge is 0.507 e. The van der Waals surface area contributed by atoms with Crippen LogP contribution >= 0.6 is 12.2 Å². The Kier molecular flexibility index (Phi) is 6.36. The van der Waals surface area contributed by atoms with Gasteiger partial charge in [-0.05, 0) is 47.6 Å². The summed E-state index contributed by atoms with van der Waals surface area (Å²) in [7, 11) is 3.21. The number of ether oxygens (including phenoxy) is 2. The van der Waals surface area contributed by atoms with E-state index >= 15 is 0 Å². The van der Waals surface area contributed by atoms with Crippen LogP contribution < -0.4 is 20.6 Å². The van der Waals surface area contributed by atoms with Crippen molar-refractivity contribution >= 4 is 35.7 Å². The lowest BCUT2D eigenvalue weighted by molar-refractivity contribution is 0.394. The highest BCUT2D eigenvalue weighted by atomic mass is 32.1. The van der Waals surface area contributed by atoms with Crippen molar-refractivity contribution in [1.29, 1.82) is 0 Å². The molecule has 0 aliphatic carbocycles. The lowest BCUT2D eigenvalue weighted by Crippen LogP contribution is -2.23. The summed E-state index contributed by atoms with van der Waals surface area (Å²) in [5, 5.41) is 13.8. The average Bonchev–Trinajstić information content (AvgIpc) is 2.61. The Bertz CT molecular complexity index is 797. The summed E-state index contributed by atoms with van der Waals surface area (Å²) in [5.74, 6) is 1.52. The number of thiocarbonyl (C=S) groups is 1. The maximum absolute atomic E-state index is 9.88. The van der Waals surface area contributed by atoms with Gasteiger partial charge in [0.2, 0.25) is 0 Å². The van der Waals surface area contributed by atoms with E-state index in [1.54, 1.807) is 38.5 Å². The van der Waals surface area contributed by atoms with E-state index < -0.39 is 0 Å². The van der Waals surface area contributed by atoms with E-state index in [2.05, 4.69) is 22.7 Å². The molecule has 2 aromatic carbocycles. The number of phenolic OH excluding ortho intramolecular Hbond substituents is 1. The fraction of sp³-hybridized carbons (Fsp3) is 0.111. The SMILES string of the molecule is COc1cc(C=Cc2ccc(O)c(/C=N/NC(N)=S)c2)cc(OC)c1. The zero-order valence-electron chi connectivity index (χ0n) is 13.9. The first kappa shape index (κ1) is 18.3. The predicted molar refractivity (Wildman–Crippen MR) is 104 cm³/mol. The van der Waals surface area contributed by atoms with Crippen LogP contribution in [0.25, 0.3) is 12.2 Å². The van der Waals surface area contributed by atoms with Gasteiger partial charge in [0.1, 0.15) is 17.2 Å². The monoisotopic (exact) mass is 357 g/mol. The maximum Gasteiger partial charge on any atom is 0.184 e. The van der Waals surface area contributed by atoms with E-state index in [4.69, 9.17) is 15.2 Å². The third kappa shape index (κ3) is 5.50. The Hall–Kier alpha value is -3.06. The number of nitrogens with two attached hydrogens (primary N) is 1. The standard InChI is InChI=1S/C18H19N3O3S/c1-23-15-8-13(9-16(10-15)24-2)4-3-12-5-6-17(22)14(7-12)11-20-21-18(19)25/h3-11,22H,1-2H3,(H3,19,21,25)/b4-3?,20-11+. The summed E-state index contributed by atoms with van der Waals surface area (Å²) in [4.78, 5) is 0. The van der Waals surface area contributed by atoms with Gasteiger partial charge in [-0.3, -0.25) is 5.43 Å². The van der Waals surface area contributed by atoms with Crippen LogP contribution in [0.2, 0.25) is 0 Å². The average molecular weight is 357 g/mol. The Morgan fingerprint density at radius 2 is 1.72 bits per heavy atom. The number of nitrogens with zero attached hydrogens (tertiary/aromatic N) is 1. The first-order valence-electron chi connectivity index (χ1n) is 7.34. The van der Waals surface area contributed by atoms with Gasteiger partial charge in [-0.15, -0.1) is 0 Å². The zero-order valence-corrected chi connectivity index (χ0v) is 14.7. The van der Waals surface area contributed by atoms with Crippen molar-refractivity contribution in [2.45, 2.75) is 0 Å². The second-order valence-electron chi connectivity index (χ2n) is 5.03. The van der Waals surface area contributed by atoms with Crippen molar-refractivity contribution in [1.82, 2.24) is 5.43 Å². The van der Waals surface area contributed by atoms with Gasteiger partial charge in [-0.25, -0.2) is 0 Å². The molecule has 130 valence electrons. The van der Waals surface area contributed by atoms with Gasteiger partial charge in [0.25, 0.3) is 0 Å². The smallest absolute Gasteiger partial charge is 0.184 e. The van der Waals surface area contributed by atoms with Crippen LogP contribution in [0.4, 0.5) is 0 Å². The van der Waals surface area contributed by atoms with Crippen LogP contribution in [0.1, 0.15) is 16.7 Å². The normalized spacial score (nSPS) is 11.0. The van der Waals surface area contributed by atoms with Gasteiger partial charge < -0.3 is 20.3 Å². The Balaban J connectivity index is 2.23. The number of hydrazone groups is 1. The van der Waals surface area contributed by atoms with Gasteiger partial charge in [0.05, 0.1) is 20.4 Å². The number of rotatable bonds is 6. The number of hydrogen-bond donors (Lipinski definition) is 3. The number of methoxy groups -OCH3 is 2. The fourth-order valence-electron chi connectivity index (χ4n) is 2.06. The molecular weight excluding hydrogens is 338 g/mol. The van der Waals surface area contributed by atoms with Crippen LogP contribution in [0, 0.1) is 0 Å². The van der Waals surface area contributed by atoms with E-state index in [0.29, 0.717) is 17.1 Å². The van der Waals surface area contributed by atoms with Gasteiger partial charge in [0.15, 0.2) is 5.11 Å². The van der Waals surface area contributed by atoms with E-state index in [1.165, 1.54) is 6.21 Å². The maximum atomic E-state index is 9.88. The minimum atomic E-state index is 0.0544. The van der Waals surface area contributed by atoms with Crippen molar-refractivity contribution < 1.29 is 14.6 Å². The highest BCUT2D eigenvalue weighted by Crippen LogP contribution is 2.24. The second-order valence-corrected chi connectivity index (χ2v) is 5.47. The quantitative estimate of drug-likeness (QED) is 0.319. The molecule has 0 fully saturated rings. The van der Waals surface area contributed by atoms with Crippen molar-refractivity contribution in [2.24, 2.45) is 10.8 Å². The molecule has 25 heavy (non-hydrogen) atoms. The number of aromatic hydroxyl groups is 1. The van der Waals surface area contributed by atoms with Crippen molar-refractivity contribution in [3.05, 3.63) is 53.1 Å². The highest BCUT2D eigenvalue weighted by Gasteiger charge is 2.01. The summed E-state index contributed by atoms with van der Waals surface area (Å²) >= 11 is 4.66. The molecule has 0 saturated carbocycles. The third-order valence-electron chi connectivity index (χ3n) is 3.27. The van der Waals surface area contributed by atoms with Crippen LogP contribution in [-0.4, -0.2) is 30.7 Å². The molecule has 0 unspecified atom stereocenters. The molecule has 0 saturated heterocycles. The molecule has 0 bridgehead atoms. The third-order valence-corrected chi connectivity index (χ3v) is 3.36. The molecule has 0 aliphatic rings. The number of phenols is 1. The summed E-state index contributed by atoms with van der Waals surface area (Å²) < 4.78 is 10.5. The molecule has 0 amide bonds.